The Hall–Kier alpha value is -3.61. The quantitative estimate of drug-likeness (QED) is 0.391. The Morgan fingerprint density at radius 1 is 1.22 bits per heavy atom. The van der Waals surface area contributed by atoms with E-state index in [-0.39, 0.29) is 5.56 Å². The van der Waals surface area contributed by atoms with Crippen molar-refractivity contribution in [1.29, 1.82) is 0 Å². The molecule has 1 aromatic carbocycles. The van der Waals surface area contributed by atoms with Crippen LogP contribution in [0.25, 0.3) is 16.6 Å². The van der Waals surface area contributed by atoms with Crippen molar-refractivity contribution >= 4 is 16.6 Å². The summed E-state index contributed by atoms with van der Waals surface area (Å²) in [7, 11) is 5.59. The zero-order chi connectivity index (χ0) is 23.5. The number of aromatic nitrogens is 3. The van der Waals surface area contributed by atoms with E-state index in [2.05, 4.69) is 26.8 Å². The minimum absolute atomic E-state index is 0.214. The van der Waals surface area contributed by atoms with E-state index in [0.717, 1.165) is 18.5 Å². The second-order valence-corrected chi connectivity index (χ2v) is 7.09. The lowest BCUT2D eigenvalue weighted by atomic mass is 10.1. The molecule has 7 nitrogen and oxygen atoms in total. The van der Waals surface area contributed by atoms with E-state index in [1.54, 1.807) is 31.6 Å². The van der Waals surface area contributed by atoms with Crippen LogP contribution >= 0.6 is 0 Å². The van der Waals surface area contributed by atoms with E-state index < -0.39 is 0 Å². The number of fused-ring (bicyclic) bond motifs is 1. The summed E-state index contributed by atoms with van der Waals surface area (Å²) < 4.78 is 5.83. The molecule has 0 aliphatic heterocycles. The number of likely N-dealkylation sites (N-methyl/N-ethyl adjacent to an activating group) is 1. The van der Waals surface area contributed by atoms with Gasteiger partial charge in [0.2, 0.25) is 0 Å². The van der Waals surface area contributed by atoms with Gasteiger partial charge in [-0.2, -0.15) is 0 Å². The highest BCUT2D eigenvalue weighted by molar-refractivity contribution is 5.80. The maximum Gasteiger partial charge on any atom is 0.259 e. The number of hydrogen-bond acceptors (Lipinski definition) is 6. The molecular weight excluding hydrogens is 402 g/mol. The Morgan fingerprint density at radius 2 is 1.94 bits per heavy atom. The van der Waals surface area contributed by atoms with Crippen molar-refractivity contribution in [2.24, 2.45) is 0 Å². The first-order chi connectivity index (χ1) is 15.5. The van der Waals surface area contributed by atoms with Crippen LogP contribution in [0.5, 0.6) is 5.75 Å². The molecule has 2 heterocycles. The number of benzene rings is 1. The summed E-state index contributed by atoms with van der Waals surface area (Å²) in [5.74, 6) is 1.12. The Balaban J connectivity index is 0.00000176. The molecule has 3 rings (SSSR count). The highest BCUT2D eigenvalue weighted by Crippen LogP contribution is 2.19. The van der Waals surface area contributed by atoms with Crippen molar-refractivity contribution in [3.05, 3.63) is 82.8 Å². The first-order valence-corrected chi connectivity index (χ1v) is 10.8. The average molecular weight is 436 g/mol. The summed E-state index contributed by atoms with van der Waals surface area (Å²) >= 11 is 0. The third-order valence-corrected chi connectivity index (χ3v) is 4.71. The van der Waals surface area contributed by atoms with Crippen molar-refractivity contribution in [3.63, 3.8) is 0 Å². The van der Waals surface area contributed by atoms with Crippen molar-refractivity contribution in [2.75, 3.05) is 27.7 Å². The van der Waals surface area contributed by atoms with Crippen LogP contribution < -0.4 is 15.6 Å². The fraction of sp³-hybridized carbons (Fsp3) is 0.320. The molecule has 3 aromatic rings. The molecule has 7 heteroatoms. The van der Waals surface area contributed by atoms with E-state index in [0.29, 0.717) is 34.8 Å². The molecule has 0 unspecified atom stereocenters. The molecular formula is C25H33N5O2. The van der Waals surface area contributed by atoms with Gasteiger partial charge in [-0.1, -0.05) is 20.4 Å². The van der Waals surface area contributed by atoms with E-state index in [1.807, 2.05) is 57.1 Å². The van der Waals surface area contributed by atoms with E-state index >= 15 is 0 Å². The van der Waals surface area contributed by atoms with Crippen molar-refractivity contribution in [1.82, 2.24) is 25.2 Å². The topological polar surface area (TPSA) is 83.1 Å². The normalized spacial score (nSPS) is 10.8. The Labute approximate surface area is 189 Å². The minimum atomic E-state index is -0.214. The molecule has 2 N–H and O–H groups in total. The smallest absolute Gasteiger partial charge is 0.259 e. The molecule has 0 atom stereocenters. The average Bonchev–Trinajstić information content (AvgIpc) is 2.82. The van der Waals surface area contributed by atoms with Gasteiger partial charge < -0.3 is 19.9 Å². The van der Waals surface area contributed by atoms with Gasteiger partial charge in [0.05, 0.1) is 23.2 Å². The van der Waals surface area contributed by atoms with Gasteiger partial charge >= 0.3 is 0 Å². The summed E-state index contributed by atoms with van der Waals surface area (Å²) in [6.07, 6.45) is 7.21. The molecule has 0 amide bonds. The first-order valence-electron chi connectivity index (χ1n) is 10.8. The minimum Gasteiger partial charge on any atom is -0.494 e. The zero-order valence-electron chi connectivity index (χ0n) is 19.6. The lowest BCUT2D eigenvalue weighted by Crippen LogP contribution is -2.17. The highest BCUT2D eigenvalue weighted by Gasteiger charge is 2.09. The molecule has 0 aliphatic carbocycles. The fourth-order valence-corrected chi connectivity index (χ4v) is 2.91. The summed E-state index contributed by atoms with van der Waals surface area (Å²) in [5.41, 5.74) is 3.09. The maximum atomic E-state index is 12.7. The third-order valence-electron chi connectivity index (χ3n) is 4.71. The lowest BCUT2D eigenvalue weighted by molar-refractivity contribution is 0.311. The SMILES string of the molecule is C=C(/C=C(\NC)c1nc2ccc(OCCCc3ccncc3)cc2c(=O)[nH]1)N(C)C.CC. The van der Waals surface area contributed by atoms with Crippen LogP contribution in [0.4, 0.5) is 0 Å². The van der Waals surface area contributed by atoms with E-state index in [1.165, 1.54) is 5.56 Å². The monoisotopic (exact) mass is 435 g/mol. The van der Waals surface area contributed by atoms with Crippen LogP contribution in [0.15, 0.2) is 65.9 Å². The number of pyridine rings is 1. The number of nitrogens with one attached hydrogen (secondary N) is 2. The van der Waals surface area contributed by atoms with Gasteiger partial charge in [0.25, 0.3) is 5.56 Å². The number of aromatic amines is 1. The van der Waals surface area contributed by atoms with Gasteiger partial charge in [0.1, 0.15) is 5.75 Å². The van der Waals surface area contributed by atoms with Gasteiger partial charge in [0, 0.05) is 39.2 Å². The number of allylic oxidation sites excluding steroid dienone is 1. The summed E-state index contributed by atoms with van der Waals surface area (Å²) in [6, 6.07) is 9.38. The van der Waals surface area contributed by atoms with Crippen LogP contribution in [0.2, 0.25) is 0 Å². The second kappa shape index (κ2) is 12.3. The van der Waals surface area contributed by atoms with Gasteiger partial charge in [-0.25, -0.2) is 4.98 Å². The number of aryl methyl sites for hydroxylation is 1. The number of H-pyrrole nitrogens is 1. The van der Waals surface area contributed by atoms with Crippen LogP contribution in [-0.4, -0.2) is 47.6 Å². The van der Waals surface area contributed by atoms with Gasteiger partial charge in [0.15, 0.2) is 5.82 Å². The predicted octanol–water partition coefficient (Wildman–Crippen LogP) is 3.99. The Morgan fingerprint density at radius 3 is 2.59 bits per heavy atom. The van der Waals surface area contributed by atoms with E-state index in [9.17, 15) is 4.79 Å². The standard InChI is InChI=1S/C23H27N5O2.C2H6/c1-16(28(3)4)14-21(24-2)22-26-20-8-7-18(15-19(20)23(29)27-22)30-13-5-6-17-9-11-25-12-10-17;1-2/h7-12,14-15,24H,1,5-6,13H2,2-4H3,(H,26,27,29);1-2H3/b21-14-;. The number of ether oxygens (including phenoxy) is 1. The van der Waals surface area contributed by atoms with Crippen molar-refractivity contribution in [3.8, 4) is 5.75 Å². The number of rotatable bonds is 9. The molecule has 0 radical (unpaired) electrons. The van der Waals surface area contributed by atoms with Gasteiger partial charge in [-0.05, 0) is 54.8 Å². The molecule has 0 bridgehead atoms. The summed E-state index contributed by atoms with van der Waals surface area (Å²) in [5, 5.41) is 3.56. The molecule has 32 heavy (non-hydrogen) atoms. The highest BCUT2D eigenvalue weighted by atomic mass is 16.5. The van der Waals surface area contributed by atoms with Crippen molar-refractivity contribution in [2.45, 2.75) is 26.7 Å². The third kappa shape index (κ3) is 6.70. The van der Waals surface area contributed by atoms with Gasteiger partial charge in [-0.15, -0.1) is 0 Å². The van der Waals surface area contributed by atoms with Crippen molar-refractivity contribution < 1.29 is 4.74 Å². The summed E-state index contributed by atoms with van der Waals surface area (Å²) in [6.45, 7) is 8.55. The molecule has 0 fully saturated rings. The molecule has 170 valence electrons. The molecule has 0 saturated heterocycles. The molecule has 0 saturated carbocycles. The lowest BCUT2D eigenvalue weighted by Gasteiger charge is -2.14. The second-order valence-electron chi connectivity index (χ2n) is 7.09. The maximum absolute atomic E-state index is 12.7. The van der Waals surface area contributed by atoms with Gasteiger partial charge in [-0.3, -0.25) is 9.78 Å². The largest absolute Gasteiger partial charge is 0.494 e. The molecule has 0 aliphatic rings. The van der Waals surface area contributed by atoms with Crippen LogP contribution in [-0.2, 0) is 6.42 Å². The number of hydrogen-bond donors (Lipinski definition) is 2. The van der Waals surface area contributed by atoms with Crippen LogP contribution in [0, 0.1) is 0 Å². The van der Waals surface area contributed by atoms with E-state index in [4.69, 9.17) is 4.74 Å². The molecule has 0 spiro atoms. The number of nitrogens with zero attached hydrogens (tertiary/aromatic N) is 3. The van der Waals surface area contributed by atoms with Crippen LogP contribution in [0.3, 0.4) is 0 Å². The van der Waals surface area contributed by atoms with Crippen LogP contribution in [0.1, 0.15) is 31.7 Å². The fourth-order valence-electron chi connectivity index (χ4n) is 2.91. The first kappa shape index (κ1) is 24.7. The predicted molar refractivity (Wildman–Crippen MR) is 132 cm³/mol. The summed E-state index contributed by atoms with van der Waals surface area (Å²) in [4.78, 5) is 26.0. The Kier molecular flexibility index (Phi) is 9.47. The zero-order valence-corrected chi connectivity index (χ0v) is 19.6. The molecule has 2 aromatic heterocycles. The Bertz CT molecular complexity index is 1100.